The molecule has 0 fully saturated rings. The lowest BCUT2D eigenvalue weighted by atomic mass is 10.1. The van der Waals surface area contributed by atoms with Crippen molar-refractivity contribution in [3.63, 3.8) is 0 Å². The molecule has 0 aliphatic heterocycles. The second-order valence-corrected chi connectivity index (χ2v) is 6.98. The third kappa shape index (κ3) is 5.46. The largest absolute Gasteiger partial charge is 0.350 e. The molecular weight excluding hydrogens is 365 g/mol. The lowest BCUT2D eigenvalue weighted by Crippen LogP contribution is -2.26. The molecule has 0 spiro atoms. The zero-order chi connectivity index (χ0) is 15.9. The van der Waals surface area contributed by atoms with Gasteiger partial charge in [-0.15, -0.1) is 11.8 Å². The molecule has 5 heteroatoms. The van der Waals surface area contributed by atoms with E-state index in [0.29, 0.717) is 12.2 Å². The standard InChI is InChI=1S/C17H17BrFNOS/c1-12(13-2-4-14(18)5-3-13)20-17(21)10-11-22-16-8-6-15(19)7-9-16/h2-9,12H,10-11H2,1H3,(H,20,21)/t12-/m0/s1. The smallest absolute Gasteiger partial charge is 0.221 e. The third-order valence-electron chi connectivity index (χ3n) is 3.16. The van der Waals surface area contributed by atoms with Crippen LogP contribution in [0.3, 0.4) is 0 Å². The number of carbonyl (C=O) groups excluding carboxylic acids is 1. The summed E-state index contributed by atoms with van der Waals surface area (Å²) >= 11 is 4.94. The molecule has 0 aromatic heterocycles. The van der Waals surface area contributed by atoms with Crippen LogP contribution < -0.4 is 5.32 Å². The number of thioether (sulfide) groups is 1. The summed E-state index contributed by atoms with van der Waals surface area (Å²) in [5.41, 5.74) is 1.07. The highest BCUT2D eigenvalue weighted by molar-refractivity contribution is 9.10. The second kappa shape index (κ2) is 8.34. The van der Waals surface area contributed by atoms with Gasteiger partial charge in [0, 0.05) is 21.5 Å². The zero-order valence-electron chi connectivity index (χ0n) is 12.2. The normalized spacial score (nSPS) is 12.0. The van der Waals surface area contributed by atoms with E-state index >= 15 is 0 Å². The van der Waals surface area contributed by atoms with E-state index in [1.165, 1.54) is 12.1 Å². The quantitative estimate of drug-likeness (QED) is 0.717. The van der Waals surface area contributed by atoms with E-state index in [1.54, 1.807) is 23.9 Å². The van der Waals surface area contributed by atoms with Gasteiger partial charge >= 0.3 is 0 Å². The molecule has 2 aromatic rings. The first-order chi connectivity index (χ1) is 10.5. The van der Waals surface area contributed by atoms with Crippen molar-refractivity contribution in [3.05, 3.63) is 64.4 Å². The number of halogens is 2. The molecule has 0 bridgehead atoms. The molecule has 0 radical (unpaired) electrons. The van der Waals surface area contributed by atoms with Crippen molar-refractivity contribution in [2.75, 3.05) is 5.75 Å². The number of amides is 1. The van der Waals surface area contributed by atoms with Gasteiger partial charge < -0.3 is 5.32 Å². The highest BCUT2D eigenvalue weighted by atomic mass is 79.9. The van der Waals surface area contributed by atoms with Gasteiger partial charge in [-0.2, -0.15) is 0 Å². The minimum absolute atomic E-state index is 0.0172. The Morgan fingerprint density at radius 3 is 2.45 bits per heavy atom. The topological polar surface area (TPSA) is 29.1 Å². The first-order valence-electron chi connectivity index (χ1n) is 6.98. The van der Waals surface area contributed by atoms with Crippen molar-refractivity contribution in [3.8, 4) is 0 Å². The second-order valence-electron chi connectivity index (χ2n) is 4.89. The Hall–Kier alpha value is -1.33. The average Bonchev–Trinajstić information content (AvgIpc) is 2.50. The van der Waals surface area contributed by atoms with Crippen molar-refractivity contribution < 1.29 is 9.18 Å². The molecule has 22 heavy (non-hydrogen) atoms. The van der Waals surface area contributed by atoms with Crippen LogP contribution >= 0.6 is 27.7 Å². The molecule has 0 saturated heterocycles. The van der Waals surface area contributed by atoms with Gasteiger partial charge in [-0.25, -0.2) is 4.39 Å². The maximum absolute atomic E-state index is 12.8. The zero-order valence-corrected chi connectivity index (χ0v) is 14.6. The Kier molecular flexibility index (Phi) is 6.46. The molecule has 1 amide bonds. The molecule has 1 N–H and O–H groups in total. The summed E-state index contributed by atoms with van der Waals surface area (Å²) in [6.07, 6.45) is 0.433. The summed E-state index contributed by atoms with van der Waals surface area (Å²) in [6, 6.07) is 14.2. The maximum atomic E-state index is 12.8. The first-order valence-corrected chi connectivity index (χ1v) is 8.75. The SMILES string of the molecule is C[C@H](NC(=O)CCSc1ccc(F)cc1)c1ccc(Br)cc1. The van der Waals surface area contributed by atoms with Crippen molar-refractivity contribution in [1.29, 1.82) is 0 Å². The van der Waals surface area contributed by atoms with Crippen LogP contribution in [-0.4, -0.2) is 11.7 Å². The highest BCUT2D eigenvalue weighted by Crippen LogP contribution is 2.20. The van der Waals surface area contributed by atoms with Crippen molar-refractivity contribution in [2.45, 2.75) is 24.3 Å². The van der Waals surface area contributed by atoms with Gasteiger partial charge in [0.2, 0.25) is 5.91 Å². The number of rotatable bonds is 6. The number of hydrogen-bond donors (Lipinski definition) is 1. The lowest BCUT2D eigenvalue weighted by Gasteiger charge is -2.14. The Labute approximate surface area is 142 Å². The minimum atomic E-state index is -0.245. The predicted molar refractivity (Wildman–Crippen MR) is 92.4 cm³/mol. The van der Waals surface area contributed by atoms with Gasteiger partial charge in [0.15, 0.2) is 0 Å². The summed E-state index contributed by atoms with van der Waals surface area (Å²) in [6.45, 7) is 1.97. The Morgan fingerprint density at radius 2 is 1.82 bits per heavy atom. The molecule has 1 atom stereocenters. The Morgan fingerprint density at radius 1 is 1.18 bits per heavy atom. The number of benzene rings is 2. The van der Waals surface area contributed by atoms with E-state index in [-0.39, 0.29) is 17.8 Å². The molecule has 116 valence electrons. The van der Waals surface area contributed by atoms with Gasteiger partial charge in [-0.3, -0.25) is 4.79 Å². The lowest BCUT2D eigenvalue weighted by molar-refractivity contribution is -0.121. The van der Waals surface area contributed by atoms with Crippen LogP contribution in [0.2, 0.25) is 0 Å². The van der Waals surface area contributed by atoms with Gasteiger partial charge in [-0.05, 0) is 48.9 Å². The minimum Gasteiger partial charge on any atom is -0.350 e. The van der Waals surface area contributed by atoms with E-state index in [1.807, 2.05) is 31.2 Å². The van der Waals surface area contributed by atoms with E-state index < -0.39 is 0 Å². The monoisotopic (exact) mass is 381 g/mol. The van der Waals surface area contributed by atoms with E-state index in [2.05, 4.69) is 21.2 Å². The van der Waals surface area contributed by atoms with E-state index in [9.17, 15) is 9.18 Å². The number of carbonyl (C=O) groups is 1. The predicted octanol–water partition coefficient (Wildman–Crippen LogP) is 4.95. The van der Waals surface area contributed by atoms with Crippen molar-refractivity contribution in [2.24, 2.45) is 0 Å². The molecular formula is C17H17BrFNOS. The molecule has 2 nitrogen and oxygen atoms in total. The van der Waals surface area contributed by atoms with Gasteiger partial charge in [0.05, 0.1) is 6.04 Å². The van der Waals surface area contributed by atoms with Crippen LogP contribution in [0.25, 0.3) is 0 Å². The molecule has 2 rings (SSSR count). The van der Waals surface area contributed by atoms with Crippen LogP contribution in [0.5, 0.6) is 0 Å². The van der Waals surface area contributed by atoms with Crippen molar-refractivity contribution in [1.82, 2.24) is 5.32 Å². The number of nitrogens with one attached hydrogen (secondary N) is 1. The highest BCUT2D eigenvalue weighted by Gasteiger charge is 2.09. The average molecular weight is 382 g/mol. The molecule has 0 aliphatic rings. The molecule has 0 unspecified atom stereocenters. The summed E-state index contributed by atoms with van der Waals surface area (Å²) in [7, 11) is 0. The van der Waals surface area contributed by atoms with Crippen LogP contribution in [-0.2, 0) is 4.79 Å². The van der Waals surface area contributed by atoms with Crippen LogP contribution in [0, 0.1) is 5.82 Å². The Balaban J connectivity index is 1.75. The fourth-order valence-corrected chi connectivity index (χ4v) is 3.06. The van der Waals surface area contributed by atoms with Crippen LogP contribution in [0.4, 0.5) is 4.39 Å². The van der Waals surface area contributed by atoms with Gasteiger partial charge in [0.25, 0.3) is 0 Å². The van der Waals surface area contributed by atoms with Crippen LogP contribution in [0.1, 0.15) is 24.9 Å². The first kappa shape index (κ1) is 17.0. The third-order valence-corrected chi connectivity index (χ3v) is 4.70. The molecule has 0 heterocycles. The molecule has 2 aromatic carbocycles. The van der Waals surface area contributed by atoms with Gasteiger partial charge in [-0.1, -0.05) is 28.1 Å². The van der Waals surface area contributed by atoms with Crippen LogP contribution in [0.15, 0.2) is 57.9 Å². The van der Waals surface area contributed by atoms with E-state index in [4.69, 9.17) is 0 Å². The fraction of sp³-hybridized carbons (Fsp3) is 0.235. The summed E-state index contributed by atoms with van der Waals surface area (Å²) in [5, 5.41) is 2.98. The summed E-state index contributed by atoms with van der Waals surface area (Å²) in [4.78, 5) is 12.9. The summed E-state index contributed by atoms with van der Waals surface area (Å²) in [5.74, 6) is 0.445. The summed E-state index contributed by atoms with van der Waals surface area (Å²) < 4.78 is 13.8. The van der Waals surface area contributed by atoms with E-state index in [0.717, 1.165) is 14.9 Å². The maximum Gasteiger partial charge on any atom is 0.221 e. The Bertz CT molecular complexity index is 616. The molecule has 0 aliphatic carbocycles. The fourth-order valence-electron chi connectivity index (χ4n) is 1.94. The van der Waals surface area contributed by atoms with Crippen molar-refractivity contribution >= 4 is 33.6 Å². The number of hydrogen-bond acceptors (Lipinski definition) is 2. The van der Waals surface area contributed by atoms with Gasteiger partial charge in [0.1, 0.15) is 5.82 Å². The molecule has 0 saturated carbocycles.